The molecule has 0 atom stereocenters. The standard InChI is InChI=1S/C15H11NO/c17-10-11-1-3-12(4-2-11)13-5-6-14-8-16-9-15(14)7-13/h1-7,9-10H,8H2. The lowest BCUT2D eigenvalue weighted by molar-refractivity contribution is 0.112. The van der Waals surface area contributed by atoms with E-state index in [2.05, 4.69) is 23.2 Å². The molecule has 2 nitrogen and oxygen atoms in total. The maximum Gasteiger partial charge on any atom is 0.150 e. The van der Waals surface area contributed by atoms with Crippen molar-refractivity contribution in [1.29, 1.82) is 0 Å². The van der Waals surface area contributed by atoms with Crippen molar-refractivity contribution < 1.29 is 4.79 Å². The van der Waals surface area contributed by atoms with Gasteiger partial charge in [-0.1, -0.05) is 36.4 Å². The molecular weight excluding hydrogens is 210 g/mol. The van der Waals surface area contributed by atoms with Crippen molar-refractivity contribution in [2.24, 2.45) is 4.99 Å². The van der Waals surface area contributed by atoms with Gasteiger partial charge in [-0.3, -0.25) is 9.79 Å². The maximum atomic E-state index is 10.6. The molecule has 0 saturated heterocycles. The second-order valence-corrected chi connectivity index (χ2v) is 4.12. The molecule has 1 heterocycles. The van der Waals surface area contributed by atoms with Gasteiger partial charge in [0.25, 0.3) is 0 Å². The van der Waals surface area contributed by atoms with E-state index in [0.717, 1.165) is 24.0 Å². The first-order valence-electron chi connectivity index (χ1n) is 5.55. The van der Waals surface area contributed by atoms with Crippen molar-refractivity contribution >= 4 is 12.5 Å². The minimum atomic E-state index is 0.705. The normalized spacial score (nSPS) is 12.5. The zero-order valence-electron chi connectivity index (χ0n) is 9.26. The quantitative estimate of drug-likeness (QED) is 0.716. The minimum absolute atomic E-state index is 0.705. The molecule has 17 heavy (non-hydrogen) atoms. The fraction of sp³-hybridized carbons (Fsp3) is 0.0667. The molecule has 0 spiro atoms. The van der Waals surface area contributed by atoms with Gasteiger partial charge in [0.2, 0.25) is 0 Å². The maximum absolute atomic E-state index is 10.6. The van der Waals surface area contributed by atoms with Crippen LogP contribution in [0.5, 0.6) is 0 Å². The van der Waals surface area contributed by atoms with Gasteiger partial charge in [-0.25, -0.2) is 0 Å². The number of benzene rings is 2. The van der Waals surface area contributed by atoms with Crippen molar-refractivity contribution in [2.75, 3.05) is 0 Å². The van der Waals surface area contributed by atoms with Gasteiger partial charge >= 0.3 is 0 Å². The third kappa shape index (κ3) is 1.78. The lowest BCUT2D eigenvalue weighted by atomic mass is 10.00. The van der Waals surface area contributed by atoms with E-state index in [9.17, 15) is 4.79 Å². The number of carbonyl (C=O) groups is 1. The first-order chi connectivity index (χ1) is 8.36. The van der Waals surface area contributed by atoms with Crippen LogP contribution < -0.4 is 0 Å². The van der Waals surface area contributed by atoms with Crippen LogP contribution in [0.2, 0.25) is 0 Å². The lowest BCUT2D eigenvalue weighted by Gasteiger charge is -2.04. The molecule has 0 aliphatic carbocycles. The van der Waals surface area contributed by atoms with E-state index < -0.39 is 0 Å². The van der Waals surface area contributed by atoms with E-state index in [1.807, 2.05) is 30.5 Å². The van der Waals surface area contributed by atoms with Gasteiger partial charge in [-0.05, 0) is 28.3 Å². The monoisotopic (exact) mass is 221 g/mol. The summed E-state index contributed by atoms with van der Waals surface area (Å²) in [4.78, 5) is 14.8. The summed E-state index contributed by atoms with van der Waals surface area (Å²) in [6.07, 6.45) is 2.78. The van der Waals surface area contributed by atoms with Crippen molar-refractivity contribution in [2.45, 2.75) is 6.54 Å². The van der Waals surface area contributed by atoms with Crippen LogP contribution in [0.15, 0.2) is 47.5 Å². The number of carbonyl (C=O) groups excluding carboxylic acids is 1. The number of hydrogen-bond acceptors (Lipinski definition) is 2. The average Bonchev–Trinajstić information content (AvgIpc) is 2.86. The fourth-order valence-corrected chi connectivity index (χ4v) is 2.04. The summed E-state index contributed by atoms with van der Waals surface area (Å²) in [6.45, 7) is 0.791. The third-order valence-corrected chi connectivity index (χ3v) is 3.02. The molecule has 0 fully saturated rings. The molecular formula is C15H11NO. The fourth-order valence-electron chi connectivity index (χ4n) is 2.04. The molecule has 0 bridgehead atoms. The molecule has 0 N–H and O–H groups in total. The second kappa shape index (κ2) is 3.98. The Morgan fingerprint density at radius 1 is 1.00 bits per heavy atom. The molecule has 0 unspecified atom stereocenters. The Hall–Kier alpha value is -2.22. The Kier molecular flexibility index (Phi) is 2.33. The predicted molar refractivity (Wildman–Crippen MR) is 68.6 cm³/mol. The number of rotatable bonds is 2. The van der Waals surface area contributed by atoms with Crippen molar-refractivity contribution in [1.82, 2.24) is 0 Å². The number of fused-ring (bicyclic) bond motifs is 1. The molecule has 0 amide bonds. The van der Waals surface area contributed by atoms with Crippen LogP contribution in [-0.4, -0.2) is 12.5 Å². The SMILES string of the molecule is O=Cc1ccc(-c2ccc3c(c2)C=NC3)cc1. The van der Waals surface area contributed by atoms with Gasteiger partial charge in [0.05, 0.1) is 6.54 Å². The highest BCUT2D eigenvalue weighted by molar-refractivity contribution is 5.87. The predicted octanol–water partition coefficient (Wildman–Crippen LogP) is 3.10. The Balaban J connectivity index is 2.02. The zero-order chi connectivity index (χ0) is 11.7. The van der Waals surface area contributed by atoms with Crippen LogP contribution in [0.1, 0.15) is 21.5 Å². The smallest absolute Gasteiger partial charge is 0.150 e. The first-order valence-corrected chi connectivity index (χ1v) is 5.55. The summed E-state index contributed by atoms with van der Waals surface area (Å²) in [7, 11) is 0. The van der Waals surface area contributed by atoms with Crippen LogP contribution in [0, 0.1) is 0 Å². The third-order valence-electron chi connectivity index (χ3n) is 3.02. The molecule has 0 radical (unpaired) electrons. The summed E-state index contributed by atoms with van der Waals surface area (Å²) >= 11 is 0. The van der Waals surface area contributed by atoms with Crippen molar-refractivity contribution in [3.63, 3.8) is 0 Å². The highest BCUT2D eigenvalue weighted by Gasteiger charge is 2.07. The van der Waals surface area contributed by atoms with E-state index in [1.165, 1.54) is 11.1 Å². The van der Waals surface area contributed by atoms with E-state index >= 15 is 0 Å². The first kappa shape index (κ1) is 9.97. The Morgan fingerprint density at radius 3 is 2.53 bits per heavy atom. The molecule has 1 aliphatic rings. The summed E-state index contributed by atoms with van der Waals surface area (Å²) in [5, 5.41) is 0. The van der Waals surface area contributed by atoms with Crippen molar-refractivity contribution in [3.05, 3.63) is 59.2 Å². The molecule has 2 aromatic rings. The molecule has 82 valence electrons. The van der Waals surface area contributed by atoms with Gasteiger partial charge in [-0.15, -0.1) is 0 Å². The van der Waals surface area contributed by atoms with Gasteiger partial charge in [-0.2, -0.15) is 0 Å². The number of aliphatic imine (C=N–C) groups is 1. The van der Waals surface area contributed by atoms with E-state index in [0.29, 0.717) is 5.56 Å². The van der Waals surface area contributed by atoms with Crippen LogP contribution in [0.3, 0.4) is 0 Å². The van der Waals surface area contributed by atoms with Crippen LogP contribution in [0.25, 0.3) is 11.1 Å². The largest absolute Gasteiger partial charge is 0.298 e. The molecule has 2 aromatic carbocycles. The van der Waals surface area contributed by atoms with Crippen LogP contribution in [-0.2, 0) is 6.54 Å². The molecule has 0 aromatic heterocycles. The van der Waals surface area contributed by atoms with Crippen LogP contribution >= 0.6 is 0 Å². The van der Waals surface area contributed by atoms with Crippen LogP contribution in [0.4, 0.5) is 0 Å². The Morgan fingerprint density at radius 2 is 1.76 bits per heavy atom. The average molecular weight is 221 g/mol. The van der Waals surface area contributed by atoms with E-state index in [4.69, 9.17) is 0 Å². The minimum Gasteiger partial charge on any atom is -0.298 e. The molecule has 2 heteroatoms. The zero-order valence-corrected chi connectivity index (χ0v) is 9.26. The highest BCUT2D eigenvalue weighted by Crippen LogP contribution is 2.24. The van der Waals surface area contributed by atoms with Gasteiger partial charge in [0.15, 0.2) is 0 Å². The molecule has 1 aliphatic heterocycles. The Bertz CT molecular complexity index is 597. The summed E-state index contributed by atoms with van der Waals surface area (Å²) in [6, 6.07) is 14.0. The highest BCUT2D eigenvalue weighted by atomic mass is 16.1. The summed E-state index contributed by atoms with van der Waals surface area (Å²) in [5.74, 6) is 0. The number of aldehydes is 1. The number of hydrogen-bond donors (Lipinski definition) is 0. The van der Waals surface area contributed by atoms with Crippen molar-refractivity contribution in [3.8, 4) is 11.1 Å². The lowest BCUT2D eigenvalue weighted by Crippen LogP contribution is -1.86. The summed E-state index contributed by atoms with van der Waals surface area (Å²) in [5.41, 5.74) is 5.46. The second-order valence-electron chi connectivity index (χ2n) is 4.12. The van der Waals surface area contributed by atoms with Gasteiger partial charge < -0.3 is 0 Å². The summed E-state index contributed by atoms with van der Waals surface area (Å²) < 4.78 is 0. The van der Waals surface area contributed by atoms with E-state index in [1.54, 1.807) is 0 Å². The van der Waals surface area contributed by atoms with Gasteiger partial charge in [0, 0.05) is 11.8 Å². The number of nitrogens with zero attached hydrogens (tertiary/aromatic N) is 1. The van der Waals surface area contributed by atoms with E-state index in [-0.39, 0.29) is 0 Å². The molecule has 0 saturated carbocycles. The molecule has 3 rings (SSSR count). The topological polar surface area (TPSA) is 29.4 Å². The Labute approximate surface area is 99.6 Å². The van der Waals surface area contributed by atoms with Gasteiger partial charge in [0.1, 0.15) is 6.29 Å².